The molecular formula is C12H9ClFN3O. The van der Waals surface area contributed by atoms with Crippen LogP contribution in [0.4, 0.5) is 15.8 Å². The van der Waals surface area contributed by atoms with E-state index in [0.29, 0.717) is 11.4 Å². The number of aromatic nitrogens is 1. The molecule has 6 heteroatoms. The maximum atomic E-state index is 13.0. The number of benzene rings is 1. The average molecular weight is 266 g/mol. The number of pyridine rings is 1. The Morgan fingerprint density at radius 3 is 2.83 bits per heavy atom. The van der Waals surface area contributed by atoms with Crippen LogP contribution in [0.15, 0.2) is 36.7 Å². The van der Waals surface area contributed by atoms with Crippen LogP contribution in [0.3, 0.4) is 0 Å². The van der Waals surface area contributed by atoms with Crippen LogP contribution in [-0.4, -0.2) is 10.9 Å². The molecule has 0 fully saturated rings. The number of rotatable bonds is 2. The standard InChI is InChI=1S/C12H9ClFN3O/c13-8-5-7(1-2-9(8)14)12(18)17-11-3-4-16-6-10(11)15/h1-6H,15H2,(H,16,17,18). The molecule has 2 aromatic rings. The Bertz CT molecular complexity index is 604. The van der Waals surface area contributed by atoms with Crippen molar-refractivity contribution in [3.05, 3.63) is 53.1 Å². The van der Waals surface area contributed by atoms with Crippen molar-refractivity contribution in [2.75, 3.05) is 11.1 Å². The van der Waals surface area contributed by atoms with E-state index in [-0.39, 0.29) is 10.6 Å². The number of hydrogen-bond acceptors (Lipinski definition) is 3. The summed E-state index contributed by atoms with van der Waals surface area (Å²) in [4.78, 5) is 15.7. The number of anilines is 2. The molecule has 0 aliphatic heterocycles. The van der Waals surface area contributed by atoms with Gasteiger partial charge in [0.15, 0.2) is 0 Å². The fraction of sp³-hybridized carbons (Fsp3) is 0. The predicted molar refractivity (Wildman–Crippen MR) is 68.0 cm³/mol. The van der Waals surface area contributed by atoms with Gasteiger partial charge in [-0.2, -0.15) is 0 Å². The molecule has 0 spiro atoms. The van der Waals surface area contributed by atoms with Gasteiger partial charge in [0.25, 0.3) is 5.91 Å². The van der Waals surface area contributed by atoms with Gasteiger partial charge in [-0.1, -0.05) is 11.6 Å². The molecule has 0 saturated heterocycles. The molecular weight excluding hydrogens is 257 g/mol. The molecule has 1 aromatic heterocycles. The highest BCUT2D eigenvalue weighted by molar-refractivity contribution is 6.31. The van der Waals surface area contributed by atoms with Gasteiger partial charge in [0, 0.05) is 11.8 Å². The molecule has 0 unspecified atom stereocenters. The molecule has 0 saturated carbocycles. The van der Waals surface area contributed by atoms with Crippen LogP contribution in [0.2, 0.25) is 5.02 Å². The largest absolute Gasteiger partial charge is 0.396 e. The summed E-state index contributed by atoms with van der Waals surface area (Å²) < 4.78 is 13.0. The summed E-state index contributed by atoms with van der Waals surface area (Å²) in [7, 11) is 0. The normalized spacial score (nSPS) is 10.1. The molecule has 2 rings (SSSR count). The number of carbonyl (C=O) groups excluding carboxylic acids is 1. The van der Waals surface area contributed by atoms with Gasteiger partial charge in [-0.3, -0.25) is 9.78 Å². The second-order valence-electron chi connectivity index (χ2n) is 3.55. The molecule has 92 valence electrons. The number of carbonyl (C=O) groups is 1. The minimum absolute atomic E-state index is 0.106. The van der Waals surface area contributed by atoms with Crippen LogP contribution in [-0.2, 0) is 0 Å². The summed E-state index contributed by atoms with van der Waals surface area (Å²) in [6.45, 7) is 0. The van der Waals surface area contributed by atoms with Gasteiger partial charge in [0.2, 0.25) is 0 Å². The lowest BCUT2D eigenvalue weighted by molar-refractivity contribution is 0.102. The third kappa shape index (κ3) is 2.57. The molecule has 3 N–H and O–H groups in total. The highest BCUT2D eigenvalue weighted by Gasteiger charge is 2.10. The fourth-order valence-corrected chi connectivity index (χ4v) is 1.53. The number of nitrogens with zero attached hydrogens (tertiary/aromatic N) is 1. The first-order valence-corrected chi connectivity index (χ1v) is 5.41. The molecule has 0 bridgehead atoms. The smallest absolute Gasteiger partial charge is 0.255 e. The number of nitrogen functional groups attached to an aromatic ring is 1. The zero-order valence-corrected chi connectivity index (χ0v) is 9.91. The van der Waals surface area contributed by atoms with Crippen molar-refractivity contribution < 1.29 is 9.18 Å². The first kappa shape index (κ1) is 12.3. The minimum Gasteiger partial charge on any atom is -0.396 e. The van der Waals surface area contributed by atoms with Crippen molar-refractivity contribution in [2.24, 2.45) is 0 Å². The highest BCUT2D eigenvalue weighted by Crippen LogP contribution is 2.19. The molecule has 18 heavy (non-hydrogen) atoms. The van der Waals surface area contributed by atoms with Crippen LogP contribution in [0.25, 0.3) is 0 Å². The van der Waals surface area contributed by atoms with E-state index in [9.17, 15) is 9.18 Å². The topological polar surface area (TPSA) is 68.0 Å². The Morgan fingerprint density at radius 2 is 2.17 bits per heavy atom. The van der Waals surface area contributed by atoms with Crippen molar-refractivity contribution in [1.29, 1.82) is 0 Å². The van der Waals surface area contributed by atoms with Crippen molar-refractivity contribution in [3.63, 3.8) is 0 Å². The molecule has 1 aromatic carbocycles. The molecule has 4 nitrogen and oxygen atoms in total. The van der Waals surface area contributed by atoms with E-state index >= 15 is 0 Å². The van der Waals surface area contributed by atoms with Gasteiger partial charge in [-0.05, 0) is 24.3 Å². The van der Waals surface area contributed by atoms with Crippen molar-refractivity contribution >= 4 is 28.9 Å². The molecule has 1 amide bonds. The van der Waals surface area contributed by atoms with E-state index in [4.69, 9.17) is 17.3 Å². The van der Waals surface area contributed by atoms with Gasteiger partial charge >= 0.3 is 0 Å². The third-order valence-corrected chi connectivity index (χ3v) is 2.57. The number of nitrogens with one attached hydrogen (secondary N) is 1. The van der Waals surface area contributed by atoms with Crippen LogP contribution in [0.5, 0.6) is 0 Å². The second-order valence-corrected chi connectivity index (χ2v) is 3.95. The molecule has 0 radical (unpaired) electrons. The summed E-state index contributed by atoms with van der Waals surface area (Å²) in [5.41, 5.74) is 6.67. The van der Waals surface area contributed by atoms with Crippen LogP contribution < -0.4 is 11.1 Å². The lowest BCUT2D eigenvalue weighted by Gasteiger charge is -2.07. The monoisotopic (exact) mass is 265 g/mol. The van der Waals surface area contributed by atoms with Crippen LogP contribution in [0.1, 0.15) is 10.4 Å². The predicted octanol–water partition coefficient (Wildman–Crippen LogP) is 2.71. The number of amides is 1. The first-order chi connectivity index (χ1) is 8.58. The maximum absolute atomic E-state index is 13.0. The van der Waals surface area contributed by atoms with E-state index in [0.717, 1.165) is 6.07 Å². The highest BCUT2D eigenvalue weighted by atomic mass is 35.5. The first-order valence-electron chi connectivity index (χ1n) is 5.04. The van der Waals surface area contributed by atoms with E-state index in [1.165, 1.54) is 24.5 Å². The Morgan fingerprint density at radius 1 is 1.39 bits per heavy atom. The van der Waals surface area contributed by atoms with Gasteiger partial charge in [0.05, 0.1) is 22.6 Å². The molecule has 1 heterocycles. The summed E-state index contributed by atoms with van der Waals surface area (Å²) in [5.74, 6) is -0.994. The summed E-state index contributed by atoms with van der Waals surface area (Å²) in [5, 5.41) is 2.48. The summed E-state index contributed by atoms with van der Waals surface area (Å²) in [6.07, 6.45) is 2.93. The van der Waals surface area contributed by atoms with Crippen molar-refractivity contribution in [2.45, 2.75) is 0 Å². The van der Waals surface area contributed by atoms with Gasteiger partial charge in [-0.15, -0.1) is 0 Å². The van der Waals surface area contributed by atoms with E-state index < -0.39 is 11.7 Å². The number of hydrogen-bond donors (Lipinski definition) is 2. The number of halogens is 2. The average Bonchev–Trinajstić information content (AvgIpc) is 2.35. The molecule has 0 aliphatic carbocycles. The van der Waals surface area contributed by atoms with Crippen LogP contribution in [0, 0.1) is 5.82 Å². The Labute approximate surface area is 108 Å². The zero-order valence-electron chi connectivity index (χ0n) is 9.15. The van der Waals surface area contributed by atoms with E-state index in [1.54, 1.807) is 6.07 Å². The van der Waals surface area contributed by atoms with E-state index in [1.807, 2.05) is 0 Å². The second kappa shape index (κ2) is 5.01. The third-order valence-electron chi connectivity index (χ3n) is 2.28. The van der Waals surface area contributed by atoms with Gasteiger partial charge < -0.3 is 11.1 Å². The maximum Gasteiger partial charge on any atom is 0.255 e. The number of nitrogens with two attached hydrogens (primary N) is 1. The van der Waals surface area contributed by atoms with Crippen LogP contribution >= 0.6 is 11.6 Å². The van der Waals surface area contributed by atoms with Gasteiger partial charge in [0.1, 0.15) is 5.82 Å². The van der Waals surface area contributed by atoms with Crippen molar-refractivity contribution in [3.8, 4) is 0 Å². The Kier molecular flexibility index (Phi) is 3.43. The minimum atomic E-state index is -0.573. The summed E-state index contributed by atoms with van der Waals surface area (Å²) >= 11 is 5.60. The quantitative estimate of drug-likeness (QED) is 0.877. The lowest BCUT2D eigenvalue weighted by atomic mass is 10.2. The lowest BCUT2D eigenvalue weighted by Crippen LogP contribution is -2.13. The molecule has 0 aliphatic rings. The fourth-order valence-electron chi connectivity index (χ4n) is 1.35. The summed E-state index contributed by atoms with van der Waals surface area (Å²) in [6, 6.07) is 5.29. The van der Waals surface area contributed by atoms with E-state index in [2.05, 4.69) is 10.3 Å². The van der Waals surface area contributed by atoms with Gasteiger partial charge in [-0.25, -0.2) is 4.39 Å². The SMILES string of the molecule is Nc1cnccc1NC(=O)c1ccc(F)c(Cl)c1. The Balaban J connectivity index is 2.22. The zero-order chi connectivity index (χ0) is 13.1. The molecule has 0 atom stereocenters. The van der Waals surface area contributed by atoms with Crippen molar-refractivity contribution in [1.82, 2.24) is 4.98 Å². The Hall–Kier alpha value is -2.14.